The molecule has 0 saturated carbocycles. The molecule has 526 valence electrons. The number of unbranched alkanes of at least 4 members (excludes halogenated alkanes) is 3. The number of aliphatic carboxylic acids is 3. The van der Waals surface area contributed by atoms with Crippen molar-refractivity contribution in [2.75, 3.05) is 158 Å². The molecular weight excluding hydrogens is 1270 g/mol. The van der Waals surface area contributed by atoms with Crippen molar-refractivity contribution in [3.8, 4) is 5.75 Å². The highest BCUT2D eigenvalue weighted by molar-refractivity contribution is 8.01. The van der Waals surface area contributed by atoms with Crippen molar-refractivity contribution in [3.63, 3.8) is 0 Å². The lowest BCUT2D eigenvalue weighted by Gasteiger charge is -2.35. The summed E-state index contributed by atoms with van der Waals surface area (Å²) in [6, 6.07) is 14.0. The van der Waals surface area contributed by atoms with Gasteiger partial charge >= 0.3 is 17.9 Å². The zero-order valence-electron chi connectivity index (χ0n) is 55.0. The number of rotatable bonds is 34. The molecule has 27 nitrogen and oxygen atoms in total. The standard InChI is InChI=1S/C66H93F2N13O14S/c1-47-12-14-48(15-13-47)9-8-11-56(82)71-19-5-3-4-10-51(39-72-57(83)41-75-22-24-76(43-61(87)88)26-28-78(45-63(91)92)29-27-77(25-23-75)44-62(89)90)96-55-36-58(84)80(65(55)94)42-60(86)79-32-30-74(31-33-79)21-6-7-34-95-50-16-17-54-53(35-50)52(18-20-70-54)64(93)73-40-59(85)81-46-66(67,68)37-49(81)38-69-2/h12-18,20,35,38,49,51,55H,3-11,19,21-34,36-37,39-46H2,1-2H3,(H,71,82)(H,72,83)(H,73,93)(H,87,88)(H,89,90)(H,91,92)/t49-,51?,55?/m1/s1. The number of ether oxygens (including phenoxy) is 1. The van der Waals surface area contributed by atoms with E-state index in [1.165, 1.54) is 48.4 Å². The van der Waals surface area contributed by atoms with E-state index in [-0.39, 0.29) is 120 Å². The number of halogens is 2. The maximum absolute atomic E-state index is 14.2. The SMILES string of the molecule is CN=C[C@H]1CC(F)(F)CN1C(=O)CNC(=O)c1ccnc2ccc(OCCCCN3CCN(C(=O)CN4C(=O)CC(SC(CCCCCNC(=O)CCCc5ccc(C)cc5)CNC(=O)CN5CCN(CC(=O)O)CCN(CC(=O)O)CCN(CC(=O)O)CC5)C4=O)CC3)cc12. The van der Waals surface area contributed by atoms with Crippen molar-refractivity contribution in [3.05, 3.63) is 71.4 Å². The molecule has 0 aliphatic carbocycles. The number of carbonyl (C=O) groups excluding carboxylic acids is 7. The lowest BCUT2D eigenvalue weighted by atomic mass is 10.1. The number of carboxylic acid groups (broad SMARTS) is 3. The van der Waals surface area contributed by atoms with Crippen LogP contribution in [0, 0.1) is 6.92 Å². The predicted molar refractivity (Wildman–Crippen MR) is 355 cm³/mol. The summed E-state index contributed by atoms with van der Waals surface area (Å²) in [7, 11) is 1.44. The summed E-state index contributed by atoms with van der Waals surface area (Å²) >= 11 is 1.28. The van der Waals surface area contributed by atoms with Crippen LogP contribution in [0.1, 0.15) is 85.7 Å². The molecule has 6 N–H and O–H groups in total. The van der Waals surface area contributed by atoms with Crippen LogP contribution in [0.4, 0.5) is 8.78 Å². The maximum Gasteiger partial charge on any atom is 0.317 e. The molecule has 4 saturated heterocycles. The molecule has 5 heterocycles. The fourth-order valence-electron chi connectivity index (χ4n) is 12.1. The van der Waals surface area contributed by atoms with Gasteiger partial charge in [-0.15, -0.1) is 11.8 Å². The van der Waals surface area contributed by atoms with Crippen molar-refractivity contribution in [1.82, 2.24) is 60.1 Å². The number of carbonyl (C=O) groups is 10. The second-order valence-electron chi connectivity index (χ2n) is 25.0. The van der Waals surface area contributed by atoms with Crippen LogP contribution in [-0.4, -0.2) is 305 Å². The number of aliphatic imine (C=N–C) groups is 1. The van der Waals surface area contributed by atoms with Crippen LogP contribution in [0.25, 0.3) is 10.9 Å². The number of pyridine rings is 1. The van der Waals surface area contributed by atoms with Gasteiger partial charge in [-0.25, -0.2) is 8.78 Å². The molecular formula is C66H93F2N13O14S. The molecule has 30 heteroatoms. The van der Waals surface area contributed by atoms with Crippen molar-refractivity contribution >= 4 is 88.1 Å². The molecule has 0 radical (unpaired) electrons. The zero-order valence-corrected chi connectivity index (χ0v) is 55.8. The highest BCUT2D eigenvalue weighted by Crippen LogP contribution is 2.33. The predicted octanol–water partition coefficient (Wildman–Crippen LogP) is 2.03. The van der Waals surface area contributed by atoms with Gasteiger partial charge in [0.15, 0.2) is 0 Å². The van der Waals surface area contributed by atoms with Crippen LogP contribution in [-0.2, 0) is 49.6 Å². The summed E-state index contributed by atoms with van der Waals surface area (Å²) in [5.41, 5.74) is 3.10. The molecule has 2 unspecified atom stereocenters. The van der Waals surface area contributed by atoms with E-state index in [4.69, 9.17) is 4.74 Å². The number of carboxylic acids is 3. The summed E-state index contributed by atoms with van der Waals surface area (Å²) < 4.78 is 34.4. The van der Waals surface area contributed by atoms with E-state index >= 15 is 0 Å². The third-order valence-corrected chi connectivity index (χ3v) is 18.9. The molecule has 4 aliphatic heterocycles. The molecule has 4 aliphatic rings. The fraction of sp³-hybridized carbons (Fsp3) is 0.606. The van der Waals surface area contributed by atoms with Gasteiger partial charge in [0.25, 0.3) is 11.8 Å². The summed E-state index contributed by atoms with van der Waals surface area (Å²) in [4.78, 5) is 150. The van der Waals surface area contributed by atoms with Gasteiger partial charge < -0.3 is 45.8 Å². The molecule has 7 rings (SSSR count). The van der Waals surface area contributed by atoms with Gasteiger partial charge in [0.2, 0.25) is 35.4 Å². The molecule has 0 spiro atoms. The first-order valence-electron chi connectivity index (χ1n) is 33.0. The van der Waals surface area contributed by atoms with Crippen LogP contribution >= 0.6 is 11.8 Å². The number of fused-ring (bicyclic) bond motifs is 1. The van der Waals surface area contributed by atoms with Gasteiger partial charge in [-0.3, -0.25) is 87.3 Å². The highest BCUT2D eigenvalue weighted by Gasteiger charge is 2.46. The van der Waals surface area contributed by atoms with Crippen LogP contribution in [0.5, 0.6) is 5.75 Å². The molecule has 3 atom stereocenters. The number of piperazine rings is 1. The van der Waals surface area contributed by atoms with Crippen molar-refractivity contribution in [2.45, 2.75) is 100 Å². The number of amides is 7. The second kappa shape index (κ2) is 38.2. The smallest absolute Gasteiger partial charge is 0.317 e. The fourth-order valence-corrected chi connectivity index (χ4v) is 13.5. The van der Waals surface area contributed by atoms with Gasteiger partial charge in [-0.05, 0) is 81.8 Å². The minimum absolute atomic E-state index is 0.0267. The molecule has 0 bridgehead atoms. The summed E-state index contributed by atoms with van der Waals surface area (Å²) in [6.45, 7) is 4.82. The molecule has 3 aromatic rings. The van der Waals surface area contributed by atoms with E-state index in [9.17, 15) is 72.0 Å². The average molecular weight is 1360 g/mol. The van der Waals surface area contributed by atoms with E-state index in [2.05, 4.69) is 55.1 Å². The number of aromatic nitrogens is 1. The molecule has 7 amide bonds. The van der Waals surface area contributed by atoms with Crippen molar-refractivity contribution < 1.29 is 76.8 Å². The number of likely N-dealkylation sites (tertiary alicyclic amines) is 2. The summed E-state index contributed by atoms with van der Waals surface area (Å²) in [5.74, 6) is -8.68. The van der Waals surface area contributed by atoms with Crippen molar-refractivity contribution in [2.24, 2.45) is 4.99 Å². The number of benzene rings is 2. The average Bonchev–Trinajstić information content (AvgIpc) is 1.46. The first-order chi connectivity index (χ1) is 46.0. The number of thioether (sulfide) groups is 1. The Morgan fingerprint density at radius 1 is 0.708 bits per heavy atom. The zero-order chi connectivity index (χ0) is 69.2. The van der Waals surface area contributed by atoms with E-state index in [1.807, 2.05) is 11.8 Å². The quantitative estimate of drug-likeness (QED) is 0.0283. The van der Waals surface area contributed by atoms with E-state index in [1.54, 1.807) is 37.8 Å². The Bertz CT molecular complexity index is 3150. The molecule has 4 fully saturated rings. The number of hydrogen-bond donors (Lipinski definition) is 6. The number of hydrogen-bond acceptors (Lipinski definition) is 19. The van der Waals surface area contributed by atoms with Crippen LogP contribution in [0.2, 0.25) is 0 Å². The Morgan fingerprint density at radius 3 is 1.96 bits per heavy atom. The first kappa shape index (κ1) is 75.6. The minimum Gasteiger partial charge on any atom is -0.494 e. The highest BCUT2D eigenvalue weighted by atomic mass is 32.2. The Balaban J connectivity index is 0.868. The van der Waals surface area contributed by atoms with Gasteiger partial charge in [0.05, 0.1) is 68.2 Å². The van der Waals surface area contributed by atoms with Gasteiger partial charge in [-0.1, -0.05) is 42.7 Å². The van der Waals surface area contributed by atoms with E-state index < -0.39 is 84.8 Å². The number of nitrogens with one attached hydrogen (secondary N) is 3. The minimum atomic E-state index is -3.06. The maximum atomic E-state index is 14.2. The lowest BCUT2D eigenvalue weighted by Crippen LogP contribution is -2.52. The van der Waals surface area contributed by atoms with Gasteiger partial charge in [0, 0.05) is 141 Å². The van der Waals surface area contributed by atoms with Gasteiger partial charge in [0.1, 0.15) is 12.3 Å². The number of aryl methyl sites for hydroxylation is 2. The van der Waals surface area contributed by atoms with E-state index in [0.717, 1.165) is 42.0 Å². The van der Waals surface area contributed by atoms with Gasteiger partial charge in [-0.2, -0.15) is 0 Å². The topological polar surface area (TPSA) is 328 Å². The monoisotopic (exact) mass is 1360 g/mol. The first-order valence-corrected chi connectivity index (χ1v) is 34.0. The normalized spacial score (nSPS) is 19.3. The number of alkyl halides is 2. The molecule has 96 heavy (non-hydrogen) atoms. The summed E-state index contributed by atoms with van der Waals surface area (Å²) in [6.07, 6.45) is 8.13. The van der Waals surface area contributed by atoms with Crippen molar-refractivity contribution in [1.29, 1.82) is 0 Å². The third-order valence-electron chi connectivity index (χ3n) is 17.4. The number of imide groups is 1. The van der Waals surface area contributed by atoms with E-state index in [0.29, 0.717) is 88.1 Å². The molecule has 2 aromatic carbocycles. The largest absolute Gasteiger partial charge is 0.494 e. The molecule has 1 aromatic heterocycles. The third kappa shape index (κ3) is 25.3. The Hall–Kier alpha value is -7.77. The number of nitrogens with zero attached hydrogens (tertiary/aromatic N) is 10. The Labute approximate surface area is 562 Å². The van der Waals surface area contributed by atoms with Crippen LogP contribution in [0.15, 0.2) is 59.7 Å². The van der Waals surface area contributed by atoms with Crippen LogP contribution < -0.4 is 20.7 Å². The van der Waals surface area contributed by atoms with Crippen LogP contribution in [0.3, 0.4) is 0 Å². The Kier molecular flexibility index (Phi) is 30.1. The summed E-state index contributed by atoms with van der Waals surface area (Å²) in [5, 5.41) is 36.8. The Morgan fingerprint density at radius 2 is 1.33 bits per heavy atom. The lowest BCUT2D eigenvalue weighted by molar-refractivity contribution is -0.146. The second-order valence-corrected chi connectivity index (χ2v) is 26.5.